The van der Waals surface area contributed by atoms with Crippen molar-refractivity contribution in [3.05, 3.63) is 125 Å². The highest BCUT2D eigenvalue weighted by Crippen LogP contribution is 2.39. The summed E-state index contributed by atoms with van der Waals surface area (Å²) in [5.74, 6) is 1.73. The lowest BCUT2D eigenvalue weighted by Crippen LogP contribution is -2.38. The lowest BCUT2D eigenvalue weighted by molar-refractivity contribution is 0.194. The van der Waals surface area contributed by atoms with Crippen molar-refractivity contribution in [1.82, 2.24) is 19.2 Å². The molecule has 0 spiro atoms. The van der Waals surface area contributed by atoms with Crippen LogP contribution in [0.3, 0.4) is 0 Å². The first-order valence-electron chi connectivity index (χ1n) is 13.6. The summed E-state index contributed by atoms with van der Waals surface area (Å²) in [6, 6.07) is 27.9. The standard InChI is InChI=1S/C33H33N5O2/c1-5-29-28-21-37(33(39)34-25-19-22(2)18-23(3)20-25)31(24-13-15-27(40-4)16-14-24)30-12-9-17-36(30)32(28)38(35-29)26-10-7-6-8-11-26/h6-20,31H,5,21H2,1-4H3,(H,34,39). The maximum atomic E-state index is 14.2. The van der Waals surface area contributed by atoms with Crippen LogP contribution in [0.5, 0.6) is 5.75 Å². The van der Waals surface area contributed by atoms with E-state index in [2.05, 4.69) is 47.3 Å². The Bertz CT molecular complexity index is 1650. The fourth-order valence-electron chi connectivity index (χ4n) is 5.73. The molecule has 1 aliphatic rings. The molecule has 0 fully saturated rings. The number of amides is 2. The Kier molecular flexibility index (Phi) is 6.64. The first-order chi connectivity index (χ1) is 19.5. The van der Waals surface area contributed by atoms with E-state index < -0.39 is 0 Å². The molecule has 3 aromatic carbocycles. The molecular weight excluding hydrogens is 498 g/mol. The summed E-state index contributed by atoms with van der Waals surface area (Å²) in [5.41, 5.74) is 7.96. The second kappa shape index (κ2) is 10.4. The van der Waals surface area contributed by atoms with Crippen LogP contribution < -0.4 is 10.1 Å². The van der Waals surface area contributed by atoms with E-state index >= 15 is 0 Å². The molecule has 6 rings (SSSR count). The van der Waals surface area contributed by atoms with Crippen LogP contribution in [0, 0.1) is 13.8 Å². The third-order valence-electron chi connectivity index (χ3n) is 7.47. The van der Waals surface area contributed by atoms with Gasteiger partial charge in [-0.3, -0.25) is 0 Å². The van der Waals surface area contributed by atoms with Crippen LogP contribution in [0.25, 0.3) is 11.5 Å². The van der Waals surface area contributed by atoms with Crippen LogP contribution in [0.2, 0.25) is 0 Å². The molecule has 2 aromatic heterocycles. The van der Waals surface area contributed by atoms with Gasteiger partial charge in [0.15, 0.2) is 0 Å². The van der Waals surface area contributed by atoms with Crippen molar-refractivity contribution in [2.24, 2.45) is 0 Å². The van der Waals surface area contributed by atoms with Crippen molar-refractivity contribution in [2.45, 2.75) is 39.8 Å². The highest BCUT2D eigenvalue weighted by Gasteiger charge is 2.36. The average Bonchev–Trinajstić information content (AvgIpc) is 3.54. The summed E-state index contributed by atoms with van der Waals surface area (Å²) >= 11 is 0. The number of urea groups is 1. The number of hydrogen-bond acceptors (Lipinski definition) is 3. The van der Waals surface area contributed by atoms with E-state index in [-0.39, 0.29) is 12.1 Å². The highest BCUT2D eigenvalue weighted by atomic mass is 16.5. The summed E-state index contributed by atoms with van der Waals surface area (Å²) in [7, 11) is 1.66. The Balaban J connectivity index is 1.54. The van der Waals surface area contributed by atoms with E-state index in [1.807, 2.05) is 84.1 Å². The molecule has 1 atom stereocenters. The predicted molar refractivity (Wildman–Crippen MR) is 158 cm³/mol. The van der Waals surface area contributed by atoms with Crippen LogP contribution in [0.1, 0.15) is 46.6 Å². The Hall–Kier alpha value is -4.78. The Morgan fingerprint density at radius 2 is 1.70 bits per heavy atom. The molecule has 0 bridgehead atoms. The Morgan fingerprint density at radius 3 is 2.38 bits per heavy atom. The van der Waals surface area contributed by atoms with Gasteiger partial charge in [-0.15, -0.1) is 0 Å². The Morgan fingerprint density at radius 1 is 0.975 bits per heavy atom. The van der Waals surface area contributed by atoms with Crippen LogP contribution in [0.15, 0.2) is 91.1 Å². The maximum absolute atomic E-state index is 14.2. The topological polar surface area (TPSA) is 64.3 Å². The number of nitrogens with zero attached hydrogens (tertiary/aromatic N) is 4. The number of fused-ring (bicyclic) bond motifs is 3. The molecule has 1 aliphatic heterocycles. The van der Waals surface area contributed by atoms with Gasteiger partial charge in [0.2, 0.25) is 0 Å². The number of carbonyl (C=O) groups is 1. The number of anilines is 1. The molecule has 0 radical (unpaired) electrons. The smallest absolute Gasteiger partial charge is 0.322 e. The van der Waals surface area contributed by atoms with Gasteiger partial charge >= 0.3 is 6.03 Å². The summed E-state index contributed by atoms with van der Waals surface area (Å²) in [6.07, 6.45) is 2.81. The molecule has 1 unspecified atom stereocenters. The second-order valence-corrected chi connectivity index (χ2v) is 10.3. The predicted octanol–water partition coefficient (Wildman–Crippen LogP) is 6.99. The van der Waals surface area contributed by atoms with Crippen molar-refractivity contribution in [3.8, 4) is 17.3 Å². The van der Waals surface area contributed by atoms with Gasteiger partial charge in [-0.25, -0.2) is 9.48 Å². The summed E-state index contributed by atoms with van der Waals surface area (Å²) < 4.78 is 9.63. The SMILES string of the molecule is CCc1nn(-c2ccccc2)c2c1CN(C(=O)Nc1cc(C)cc(C)c1)C(c1ccc(OC)cc1)c1cccn1-2. The molecule has 202 valence electrons. The molecule has 3 heterocycles. The molecule has 0 saturated heterocycles. The van der Waals surface area contributed by atoms with E-state index in [9.17, 15) is 4.79 Å². The second-order valence-electron chi connectivity index (χ2n) is 10.3. The molecule has 40 heavy (non-hydrogen) atoms. The van der Waals surface area contributed by atoms with Crippen LogP contribution >= 0.6 is 0 Å². The van der Waals surface area contributed by atoms with Crippen molar-refractivity contribution in [1.29, 1.82) is 0 Å². The summed E-state index contributed by atoms with van der Waals surface area (Å²) in [4.78, 5) is 16.1. The zero-order valence-electron chi connectivity index (χ0n) is 23.3. The van der Waals surface area contributed by atoms with E-state index in [1.165, 1.54) is 0 Å². The fourth-order valence-corrected chi connectivity index (χ4v) is 5.73. The first-order valence-corrected chi connectivity index (χ1v) is 13.6. The highest BCUT2D eigenvalue weighted by molar-refractivity contribution is 5.90. The molecule has 7 nitrogen and oxygen atoms in total. The molecule has 7 heteroatoms. The normalized spacial score (nSPS) is 14.3. The number of carbonyl (C=O) groups excluding carboxylic acids is 1. The Labute approximate surface area is 234 Å². The molecular formula is C33H33N5O2. The fraction of sp³-hybridized carbons (Fsp3) is 0.212. The van der Waals surface area contributed by atoms with Crippen LogP contribution in [-0.4, -0.2) is 32.4 Å². The number of nitrogens with one attached hydrogen (secondary N) is 1. The van der Waals surface area contributed by atoms with Crippen LogP contribution in [0.4, 0.5) is 10.5 Å². The number of aromatic nitrogens is 3. The summed E-state index contributed by atoms with van der Waals surface area (Å²) in [6.45, 7) is 6.60. The third kappa shape index (κ3) is 4.53. The van der Waals surface area contributed by atoms with Crippen molar-refractivity contribution in [2.75, 3.05) is 12.4 Å². The number of benzene rings is 3. The monoisotopic (exact) mass is 531 g/mol. The lowest BCUT2D eigenvalue weighted by atomic mass is 10.0. The zero-order valence-corrected chi connectivity index (χ0v) is 23.3. The van der Waals surface area contributed by atoms with Crippen molar-refractivity contribution >= 4 is 11.7 Å². The number of para-hydroxylation sites is 1. The van der Waals surface area contributed by atoms with Gasteiger partial charge in [0.1, 0.15) is 11.6 Å². The first kappa shape index (κ1) is 25.5. The van der Waals surface area contributed by atoms with E-state index in [4.69, 9.17) is 9.84 Å². The molecule has 0 saturated carbocycles. The third-order valence-corrected chi connectivity index (χ3v) is 7.47. The maximum Gasteiger partial charge on any atom is 0.322 e. The minimum absolute atomic E-state index is 0.166. The van der Waals surface area contributed by atoms with Gasteiger partial charge in [0, 0.05) is 17.4 Å². The minimum Gasteiger partial charge on any atom is -0.497 e. The van der Waals surface area contributed by atoms with Gasteiger partial charge in [0.25, 0.3) is 0 Å². The van der Waals surface area contributed by atoms with Gasteiger partial charge < -0.3 is 19.5 Å². The largest absolute Gasteiger partial charge is 0.497 e. The van der Waals surface area contributed by atoms with Crippen molar-refractivity contribution in [3.63, 3.8) is 0 Å². The van der Waals surface area contributed by atoms with Gasteiger partial charge in [-0.05, 0) is 85.5 Å². The van der Waals surface area contributed by atoms with E-state index in [0.717, 1.165) is 63.0 Å². The number of hydrogen-bond donors (Lipinski definition) is 1. The average molecular weight is 532 g/mol. The van der Waals surface area contributed by atoms with Crippen molar-refractivity contribution < 1.29 is 9.53 Å². The lowest BCUT2D eigenvalue weighted by Gasteiger charge is -2.31. The van der Waals surface area contributed by atoms with E-state index in [1.54, 1.807) is 7.11 Å². The molecule has 2 amide bonds. The number of ether oxygens (including phenoxy) is 1. The number of methoxy groups -OCH3 is 1. The summed E-state index contributed by atoms with van der Waals surface area (Å²) in [5, 5.41) is 8.24. The van der Waals surface area contributed by atoms with Crippen LogP contribution in [-0.2, 0) is 13.0 Å². The van der Waals surface area contributed by atoms with Gasteiger partial charge in [0.05, 0.1) is 36.8 Å². The molecule has 1 N–H and O–H groups in total. The zero-order chi connectivity index (χ0) is 27.8. The number of rotatable bonds is 5. The molecule has 0 aliphatic carbocycles. The quantitative estimate of drug-likeness (QED) is 0.266. The number of aryl methyl sites for hydroxylation is 3. The van der Waals surface area contributed by atoms with Gasteiger partial charge in [-0.2, -0.15) is 5.10 Å². The van der Waals surface area contributed by atoms with E-state index in [0.29, 0.717) is 6.54 Å². The molecule has 5 aromatic rings. The van der Waals surface area contributed by atoms with Gasteiger partial charge in [-0.1, -0.05) is 43.3 Å². The minimum atomic E-state index is -0.340.